The molecule has 0 amide bonds. The average molecular weight is 482 g/mol. The number of hydrogen-bond donors (Lipinski definition) is 1. The van der Waals surface area contributed by atoms with Gasteiger partial charge in [0.2, 0.25) is 0 Å². The van der Waals surface area contributed by atoms with E-state index in [9.17, 15) is 8.78 Å². The van der Waals surface area contributed by atoms with Gasteiger partial charge >= 0.3 is 0 Å². The lowest BCUT2D eigenvalue weighted by Gasteiger charge is -2.34. The normalized spacial score (nSPS) is 29.3. The summed E-state index contributed by atoms with van der Waals surface area (Å²) in [4.78, 5) is 4.68. The number of nitrogens with two attached hydrogens (primary N) is 1. The van der Waals surface area contributed by atoms with E-state index < -0.39 is 5.92 Å². The molecule has 1 aromatic rings. The Bertz CT molecular complexity index is 821. The van der Waals surface area contributed by atoms with E-state index in [4.69, 9.17) is 10.5 Å². The number of likely N-dealkylation sites (tertiary alicyclic amines) is 1. The molecule has 5 aliphatic rings. The van der Waals surface area contributed by atoms with E-state index in [2.05, 4.69) is 15.1 Å². The molecule has 1 saturated carbocycles. The predicted molar refractivity (Wildman–Crippen MR) is 135 cm³/mol. The fourth-order valence-corrected chi connectivity index (χ4v) is 6.73. The average Bonchev–Trinajstić information content (AvgIpc) is 3.43. The second-order valence-electron chi connectivity index (χ2n) is 11.1. The van der Waals surface area contributed by atoms with Gasteiger partial charge in [-0.05, 0) is 69.1 Å². The molecule has 1 aromatic heterocycles. The number of halogens is 2. The van der Waals surface area contributed by atoms with E-state index in [-0.39, 0.29) is 15.7 Å². The van der Waals surface area contributed by atoms with Gasteiger partial charge in [-0.1, -0.05) is 6.42 Å². The Kier molecular flexibility index (Phi) is 7.54. The van der Waals surface area contributed by atoms with Crippen LogP contribution in [-0.4, -0.2) is 67.0 Å². The molecule has 6 rings (SSSR count). The van der Waals surface area contributed by atoms with Crippen molar-refractivity contribution in [3.05, 3.63) is 11.1 Å². The molecule has 4 heterocycles. The summed E-state index contributed by atoms with van der Waals surface area (Å²) in [7, 11) is 0. The summed E-state index contributed by atoms with van der Waals surface area (Å²) in [6.07, 6.45) is 11.0. The molecule has 4 fully saturated rings. The minimum absolute atomic E-state index is 0. The maximum atomic E-state index is 13.2. The van der Waals surface area contributed by atoms with Crippen molar-refractivity contribution >= 4 is 11.6 Å². The first-order valence-electron chi connectivity index (χ1n) is 13.6. The highest BCUT2D eigenvalue weighted by molar-refractivity contribution is 5.57. The van der Waals surface area contributed by atoms with Crippen molar-refractivity contribution in [1.29, 1.82) is 0 Å². The topological polar surface area (TPSA) is 67.5 Å². The van der Waals surface area contributed by atoms with Crippen molar-refractivity contribution in [1.82, 2.24) is 15.1 Å². The SMILES string of the molecule is C1CC2CN(CC3CCOCC3)C[C@H]2C1.Nc1nnc(N2CCC(F)(F)CC2)c2c1CCCC2.[HH].[HH]. The van der Waals surface area contributed by atoms with Gasteiger partial charge in [0.15, 0.2) is 5.82 Å². The fraction of sp³-hybridized carbons (Fsp3) is 0.846. The maximum Gasteiger partial charge on any atom is 0.251 e. The van der Waals surface area contributed by atoms with Crippen molar-refractivity contribution in [3.63, 3.8) is 0 Å². The van der Waals surface area contributed by atoms with Gasteiger partial charge in [-0.25, -0.2) is 8.78 Å². The van der Waals surface area contributed by atoms with Crippen LogP contribution >= 0.6 is 0 Å². The van der Waals surface area contributed by atoms with Crippen molar-refractivity contribution in [2.24, 2.45) is 17.8 Å². The third kappa shape index (κ3) is 5.64. The van der Waals surface area contributed by atoms with Crippen LogP contribution in [0.5, 0.6) is 0 Å². The van der Waals surface area contributed by atoms with Crippen LogP contribution in [-0.2, 0) is 17.6 Å². The van der Waals surface area contributed by atoms with Crippen LogP contribution in [0.2, 0.25) is 0 Å². The van der Waals surface area contributed by atoms with Crippen LogP contribution in [0.3, 0.4) is 0 Å². The predicted octanol–water partition coefficient (Wildman–Crippen LogP) is 4.81. The summed E-state index contributed by atoms with van der Waals surface area (Å²) in [5.41, 5.74) is 8.08. The molecule has 34 heavy (non-hydrogen) atoms. The second kappa shape index (κ2) is 10.6. The zero-order valence-electron chi connectivity index (χ0n) is 20.5. The highest BCUT2D eigenvalue weighted by atomic mass is 19.3. The number of fused-ring (bicyclic) bond motifs is 2. The molecule has 0 aromatic carbocycles. The number of anilines is 2. The third-order valence-corrected chi connectivity index (χ3v) is 8.75. The molecule has 0 radical (unpaired) electrons. The van der Waals surface area contributed by atoms with E-state index in [1.165, 1.54) is 51.7 Å². The lowest BCUT2D eigenvalue weighted by Crippen LogP contribution is -2.40. The van der Waals surface area contributed by atoms with Crippen molar-refractivity contribution in [3.8, 4) is 0 Å². The number of hydrogen-bond acceptors (Lipinski definition) is 6. The number of alkyl halides is 2. The Morgan fingerprint density at radius 2 is 1.56 bits per heavy atom. The molecule has 8 heteroatoms. The van der Waals surface area contributed by atoms with Crippen LogP contribution in [0.1, 0.15) is 71.8 Å². The highest BCUT2D eigenvalue weighted by Gasteiger charge is 2.37. The Balaban J connectivity index is 0.000000194. The lowest BCUT2D eigenvalue weighted by atomic mass is 9.92. The summed E-state index contributed by atoms with van der Waals surface area (Å²) in [5, 5.41) is 8.17. The molecule has 3 aliphatic heterocycles. The number of aromatic nitrogens is 2. The van der Waals surface area contributed by atoms with Gasteiger partial charge in [-0.3, -0.25) is 0 Å². The number of piperidine rings is 1. The zero-order valence-corrected chi connectivity index (χ0v) is 20.5. The minimum atomic E-state index is -2.53. The summed E-state index contributed by atoms with van der Waals surface area (Å²) in [5.74, 6) is 1.80. The summed E-state index contributed by atoms with van der Waals surface area (Å²) < 4.78 is 31.8. The second-order valence-corrected chi connectivity index (χ2v) is 11.1. The minimum Gasteiger partial charge on any atom is -0.382 e. The van der Waals surface area contributed by atoms with E-state index in [0.717, 1.165) is 73.6 Å². The van der Waals surface area contributed by atoms with Crippen molar-refractivity contribution in [2.45, 2.75) is 76.6 Å². The lowest BCUT2D eigenvalue weighted by molar-refractivity contribution is -0.0222. The first-order chi connectivity index (χ1) is 16.5. The molecule has 2 N–H and O–H groups in total. The Morgan fingerprint density at radius 3 is 2.24 bits per heavy atom. The van der Waals surface area contributed by atoms with Crippen LogP contribution in [0.15, 0.2) is 0 Å². The van der Waals surface area contributed by atoms with Crippen LogP contribution < -0.4 is 10.6 Å². The first-order valence-corrected chi connectivity index (χ1v) is 13.6. The maximum absolute atomic E-state index is 13.2. The number of nitrogen functional groups attached to an aromatic ring is 1. The van der Waals surface area contributed by atoms with Gasteiger partial charge in [0.05, 0.1) is 0 Å². The van der Waals surface area contributed by atoms with E-state index in [0.29, 0.717) is 18.9 Å². The molecule has 6 nitrogen and oxygen atoms in total. The van der Waals surface area contributed by atoms with Gasteiger partial charge < -0.3 is 20.3 Å². The Hall–Kier alpha value is -1.54. The van der Waals surface area contributed by atoms with Gasteiger partial charge in [0.25, 0.3) is 5.92 Å². The van der Waals surface area contributed by atoms with Crippen molar-refractivity contribution in [2.75, 3.05) is 56.6 Å². The van der Waals surface area contributed by atoms with Gasteiger partial charge in [-0.15, -0.1) is 10.2 Å². The third-order valence-electron chi connectivity index (χ3n) is 8.75. The van der Waals surface area contributed by atoms with Crippen LogP contribution in [0.25, 0.3) is 0 Å². The molecular weight excluding hydrogens is 436 g/mol. The molecule has 3 saturated heterocycles. The molecule has 1 unspecified atom stereocenters. The molecule has 2 aliphatic carbocycles. The molecule has 0 bridgehead atoms. The molecular formula is C26H45F2N5O. The summed E-state index contributed by atoms with van der Waals surface area (Å²) >= 11 is 0. The number of rotatable bonds is 3. The van der Waals surface area contributed by atoms with E-state index in [1.54, 1.807) is 0 Å². The van der Waals surface area contributed by atoms with Gasteiger partial charge in [0, 0.05) is 72.8 Å². The van der Waals surface area contributed by atoms with Gasteiger partial charge in [-0.2, -0.15) is 0 Å². The molecule has 0 spiro atoms. The van der Waals surface area contributed by atoms with Crippen LogP contribution in [0, 0.1) is 17.8 Å². The van der Waals surface area contributed by atoms with Crippen LogP contribution in [0.4, 0.5) is 20.4 Å². The summed E-state index contributed by atoms with van der Waals surface area (Å²) in [6, 6.07) is 0. The smallest absolute Gasteiger partial charge is 0.251 e. The Morgan fingerprint density at radius 1 is 0.912 bits per heavy atom. The quantitative estimate of drug-likeness (QED) is 0.668. The summed E-state index contributed by atoms with van der Waals surface area (Å²) in [6.45, 7) is 6.87. The van der Waals surface area contributed by atoms with E-state index in [1.807, 2.05) is 4.90 Å². The molecule has 2 atom stereocenters. The monoisotopic (exact) mass is 481 g/mol. The standard InChI is InChI=1S/C13H18F2N4.C13H23NO.2H2/c14-13(15)5-7-19(8-6-13)12-10-4-2-1-3-9(10)11(16)17-18-12;1-2-12-9-14(10-13(12)3-1)8-11-4-6-15-7-5-11;;/h1-8H2,(H2,16,17);11-13H,1-10H2;2*1H/t;12-,13?;;/m.1../s1. The molecule has 194 valence electrons. The van der Waals surface area contributed by atoms with Crippen molar-refractivity contribution < 1.29 is 16.4 Å². The number of nitrogens with zero attached hydrogens (tertiary/aromatic N) is 4. The first kappa shape index (κ1) is 24.2. The zero-order chi connectivity index (χ0) is 23.5. The highest BCUT2D eigenvalue weighted by Crippen LogP contribution is 2.38. The Labute approximate surface area is 205 Å². The fourth-order valence-electron chi connectivity index (χ4n) is 6.73. The number of ether oxygens (including phenoxy) is 1. The van der Waals surface area contributed by atoms with Gasteiger partial charge in [0.1, 0.15) is 5.82 Å². The largest absolute Gasteiger partial charge is 0.382 e. The van der Waals surface area contributed by atoms with E-state index >= 15 is 0 Å².